The Morgan fingerprint density at radius 1 is 1.67 bits per heavy atom. The van der Waals surface area contributed by atoms with Crippen LogP contribution in [0.3, 0.4) is 0 Å². The van der Waals surface area contributed by atoms with Crippen molar-refractivity contribution in [3.05, 3.63) is 11.1 Å². The molecule has 8 heteroatoms. The summed E-state index contributed by atoms with van der Waals surface area (Å²) in [5, 5.41) is 11.6. The van der Waals surface area contributed by atoms with E-state index in [1.165, 1.54) is 6.92 Å². The monoisotopic (exact) mass is 240 g/mol. The highest BCUT2D eigenvalue weighted by Gasteiger charge is 2.33. The van der Waals surface area contributed by atoms with Gasteiger partial charge in [0.1, 0.15) is 6.04 Å². The minimum absolute atomic E-state index is 0.0581. The lowest BCUT2D eigenvalue weighted by atomic mass is 10.4. The fourth-order valence-electron chi connectivity index (χ4n) is 0.717. The van der Waals surface area contributed by atoms with Crippen molar-refractivity contribution >= 4 is 22.4 Å². The van der Waals surface area contributed by atoms with Gasteiger partial charge in [-0.15, -0.1) is 11.3 Å². The van der Waals surface area contributed by atoms with Crippen LogP contribution in [0.2, 0.25) is 0 Å². The molecule has 0 bridgehead atoms. The predicted molar refractivity (Wildman–Crippen MR) is 47.8 cm³/mol. The van der Waals surface area contributed by atoms with Crippen LogP contribution in [0.1, 0.15) is 12.6 Å². The number of alkyl halides is 3. The van der Waals surface area contributed by atoms with E-state index in [4.69, 9.17) is 5.11 Å². The van der Waals surface area contributed by atoms with Gasteiger partial charge < -0.3 is 10.4 Å². The number of carboxylic acid groups (broad SMARTS) is 1. The third-order valence-electron chi connectivity index (χ3n) is 1.51. The molecule has 1 heterocycles. The van der Waals surface area contributed by atoms with Crippen LogP contribution < -0.4 is 5.32 Å². The molecule has 0 radical (unpaired) electrons. The van der Waals surface area contributed by atoms with Crippen LogP contribution in [0.5, 0.6) is 0 Å². The van der Waals surface area contributed by atoms with Gasteiger partial charge in [0.05, 0.1) is 0 Å². The second-order valence-corrected chi connectivity index (χ2v) is 3.60. The van der Waals surface area contributed by atoms with Gasteiger partial charge in [-0.25, -0.2) is 4.98 Å². The maximum atomic E-state index is 12.1. The zero-order chi connectivity index (χ0) is 11.6. The van der Waals surface area contributed by atoms with Gasteiger partial charge in [-0.1, -0.05) is 0 Å². The van der Waals surface area contributed by atoms with Crippen LogP contribution in [0.25, 0.3) is 0 Å². The van der Waals surface area contributed by atoms with Gasteiger partial charge in [0.2, 0.25) is 0 Å². The molecule has 1 rings (SSSR count). The highest BCUT2D eigenvalue weighted by molar-refractivity contribution is 7.13. The van der Waals surface area contributed by atoms with Crippen LogP contribution in [0.4, 0.5) is 18.3 Å². The molecule has 0 aliphatic heterocycles. The Bertz CT molecular complexity index is 363. The third kappa shape index (κ3) is 3.08. The van der Waals surface area contributed by atoms with E-state index in [-0.39, 0.29) is 5.13 Å². The Morgan fingerprint density at radius 2 is 2.27 bits per heavy atom. The number of rotatable bonds is 3. The quantitative estimate of drug-likeness (QED) is 0.848. The maximum absolute atomic E-state index is 12.1. The van der Waals surface area contributed by atoms with Crippen LogP contribution in [0.15, 0.2) is 5.38 Å². The number of nitrogens with one attached hydrogen (secondary N) is 1. The van der Waals surface area contributed by atoms with Crippen LogP contribution in [0, 0.1) is 0 Å². The van der Waals surface area contributed by atoms with Crippen molar-refractivity contribution in [2.75, 3.05) is 5.32 Å². The van der Waals surface area contributed by atoms with E-state index in [0.717, 1.165) is 5.38 Å². The number of nitrogens with zero attached hydrogens (tertiary/aromatic N) is 1. The van der Waals surface area contributed by atoms with Gasteiger partial charge in [-0.2, -0.15) is 13.2 Å². The first kappa shape index (κ1) is 11.8. The molecule has 0 saturated carbocycles. The Hall–Kier alpha value is -1.31. The number of anilines is 1. The average molecular weight is 240 g/mol. The molecule has 0 aliphatic carbocycles. The van der Waals surface area contributed by atoms with Crippen LogP contribution >= 0.6 is 11.3 Å². The van der Waals surface area contributed by atoms with E-state index in [2.05, 4.69) is 10.3 Å². The molecular weight excluding hydrogens is 233 g/mol. The lowest BCUT2D eigenvalue weighted by molar-refractivity contribution is -0.140. The third-order valence-corrected chi connectivity index (χ3v) is 2.28. The molecule has 0 spiro atoms. The van der Waals surface area contributed by atoms with Gasteiger partial charge in [-0.05, 0) is 6.92 Å². The zero-order valence-electron chi connectivity index (χ0n) is 7.50. The van der Waals surface area contributed by atoms with E-state index in [9.17, 15) is 18.0 Å². The first-order valence-electron chi connectivity index (χ1n) is 3.83. The smallest absolute Gasteiger partial charge is 0.434 e. The molecule has 15 heavy (non-hydrogen) atoms. The lowest BCUT2D eigenvalue weighted by Crippen LogP contribution is -2.25. The Kier molecular flexibility index (Phi) is 3.18. The Morgan fingerprint density at radius 3 is 2.67 bits per heavy atom. The SMILES string of the molecule is CC(Nc1nc(C(F)(F)F)cs1)C(=O)O. The normalized spacial score (nSPS) is 13.6. The average Bonchev–Trinajstić information content (AvgIpc) is 2.51. The highest BCUT2D eigenvalue weighted by atomic mass is 32.1. The van der Waals surface area contributed by atoms with Crippen molar-refractivity contribution in [2.45, 2.75) is 19.1 Å². The molecule has 0 fully saturated rings. The first-order chi connectivity index (χ1) is 6.80. The molecule has 2 N–H and O–H groups in total. The van der Waals surface area contributed by atoms with Crippen molar-refractivity contribution < 1.29 is 23.1 Å². The molecule has 1 aromatic heterocycles. The minimum Gasteiger partial charge on any atom is -0.480 e. The predicted octanol–water partition coefficient (Wildman–Crippen LogP) is 2.05. The highest BCUT2D eigenvalue weighted by Crippen LogP contribution is 2.31. The largest absolute Gasteiger partial charge is 0.480 e. The molecule has 0 aromatic carbocycles. The maximum Gasteiger partial charge on any atom is 0.434 e. The zero-order valence-corrected chi connectivity index (χ0v) is 8.32. The van der Waals surface area contributed by atoms with Gasteiger partial charge in [0.15, 0.2) is 10.8 Å². The molecule has 0 aliphatic rings. The van der Waals surface area contributed by atoms with Gasteiger partial charge in [0.25, 0.3) is 0 Å². The number of carboxylic acids is 1. The van der Waals surface area contributed by atoms with Crippen molar-refractivity contribution in [3.63, 3.8) is 0 Å². The number of hydrogen-bond acceptors (Lipinski definition) is 4. The summed E-state index contributed by atoms with van der Waals surface area (Å²) in [5.74, 6) is -1.15. The summed E-state index contributed by atoms with van der Waals surface area (Å²) in [6.07, 6.45) is -4.50. The van der Waals surface area contributed by atoms with Crippen molar-refractivity contribution in [1.82, 2.24) is 4.98 Å². The molecule has 1 atom stereocenters. The number of halogens is 3. The summed E-state index contributed by atoms with van der Waals surface area (Å²) in [4.78, 5) is 13.6. The van der Waals surface area contributed by atoms with Crippen molar-refractivity contribution in [2.24, 2.45) is 0 Å². The van der Waals surface area contributed by atoms with Crippen LogP contribution in [-0.4, -0.2) is 22.1 Å². The molecule has 1 unspecified atom stereocenters. The molecule has 4 nitrogen and oxygen atoms in total. The number of aromatic nitrogens is 1. The lowest BCUT2D eigenvalue weighted by Gasteiger charge is -2.06. The van der Waals surface area contributed by atoms with E-state index in [1.54, 1.807) is 0 Å². The number of carbonyl (C=O) groups is 1. The Balaban J connectivity index is 2.73. The molecule has 1 aromatic rings. The van der Waals surface area contributed by atoms with Crippen molar-refractivity contribution in [1.29, 1.82) is 0 Å². The number of aliphatic carboxylic acids is 1. The van der Waals surface area contributed by atoms with E-state index >= 15 is 0 Å². The fourth-order valence-corrected chi connectivity index (χ4v) is 1.52. The summed E-state index contributed by atoms with van der Waals surface area (Å²) in [7, 11) is 0. The van der Waals surface area contributed by atoms with E-state index in [1.807, 2.05) is 0 Å². The molecular formula is C7H7F3N2O2S. The van der Waals surface area contributed by atoms with Crippen molar-refractivity contribution in [3.8, 4) is 0 Å². The number of thiazole rings is 1. The minimum atomic E-state index is -4.50. The molecule has 0 amide bonds. The second kappa shape index (κ2) is 4.05. The van der Waals surface area contributed by atoms with Crippen LogP contribution in [-0.2, 0) is 11.0 Å². The standard InChI is InChI=1S/C7H7F3N2O2S/c1-3(5(13)14)11-6-12-4(2-15-6)7(8,9)10/h2-3H,1H3,(H,11,12)(H,13,14). The summed E-state index contributed by atoms with van der Waals surface area (Å²) < 4.78 is 36.3. The summed E-state index contributed by atoms with van der Waals surface area (Å²) in [6.45, 7) is 1.32. The summed E-state index contributed by atoms with van der Waals surface area (Å²) in [6, 6.07) is -0.975. The molecule has 84 valence electrons. The van der Waals surface area contributed by atoms with E-state index in [0.29, 0.717) is 11.3 Å². The number of hydrogen-bond donors (Lipinski definition) is 2. The topological polar surface area (TPSA) is 62.2 Å². The second-order valence-electron chi connectivity index (χ2n) is 2.74. The molecule has 0 saturated heterocycles. The summed E-state index contributed by atoms with van der Waals surface area (Å²) >= 11 is 0.717. The van der Waals surface area contributed by atoms with Gasteiger partial charge in [-0.3, -0.25) is 4.79 Å². The fraction of sp³-hybridized carbons (Fsp3) is 0.429. The summed E-state index contributed by atoms with van der Waals surface area (Å²) in [5.41, 5.74) is -1.02. The van der Waals surface area contributed by atoms with Gasteiger partial charge in [0, 0.05) is 5.38 Å². The van der Waals surface area contributed by atoms with E-state index < -0.39 is 23.9 Å². The Labute approximate surface area is 86.8 Å². The van der Waals surface area contributed by atoms with Gasteiger partial charge >= 0.3 is 12.1 Å². The first-order valence-corrected chi connectivity index (χ1v) is 4.70.